The van der Waals surface area contributed by atoms with Gasteiger partial charge in [-0.2, -0.15) is 0 Å². The average molecular weight is 356 g/mol. The minimum atomic E-state index is -1.15. The minimum absolute atomic E-state index is 0.142. The number of carbonyl (C=O) groups is 3. The fourth-order valence-corrected chi connectivity index (χ4v) is 2.35. The summed E-state index contributed by atoms with van der Waals surface area (Å²) in [5.74, 6) is -1.72. The molecule has 1 atom stereocenters. The maximum absolute atomic E-state index is 12.2. The lowest BCUT2D eigenvalue weighted by Crippen LogP contribution is -2.44. The Labute approximate surface area is 151 Å². The highest BCUT2D eigenvalue weighted by atomic mass is 16.5. The number of benzene rings is 2. The summed E-state index contributed by atoms with van der Waals surface area (Å²) in [7, 11) is 0. The van der Waals surface area contributed by atoms with Crippen molar-refractivity contribution in [2.24, 2.45) is 0 Å². The number of hydrogen-bond donors (Lipinski definition) is 3. The van der Waals surface area contributed by atoms with Gasteiger partial charge in [-0.1, -0.05) is 42.5 Å². The summed E-state index contributed by atoms with van der Waals surface area (Å²) >= 11 is 0. The number of hydrogen-bond acceptors (Lipinski definition) is 4. The molecule has 0 bridgehead atoms. The first-order valence-electron chi connectivity index (χ1n) is 8.11. The van der Waals surface area contributed by atoms with Crippen LogP contribution in [0.2, 0.25) is 0 Å². The Bertz CT molecular complexity index is 777. The first-order chi connectivity index (χ1) is 12.5. The van der Waals surface area contributed by atoms with Crippen molar-refractivity contribution in [1.29, 1.82) is 0 Å². The van der Waals surface area contributed by atoms with Crippen molar-refractivity contribution in [3.63, 3.8) is 0 Å². The third kappa shape index (κ3) is 5.34. The average Bonchev–Trinajstić information content (AvgIpc) is 2.62. The highest BCUT2D eigenvalue weighted by Gasteiger charge is 2.21. The van der Waals surface area contributed by atoms with E-state index in [0.717, 1.165) is 5.56 Å². The number of ether oxygens (including phenoxy) is 1. The van der Waals surface area contributed by atoms with Crippen LogP contribution in [0.5, 0.6) is 0 Å². The fraction of sp³-hybridized carbons (Fsp3) is 0.211. The van der Waals surface area contributed by atoms with Gasteiger partial charge in [-0.25, -0.2) is 14.4 Å². The van der Waals surface area contributed by atoms with Crippen LogP contribution < -0.4 is 10.6 Å². The molecule has 0 radical (unpaired) electrons. The normalized spacial score (nSPS) is 11.3. The lowest BCUT2D eigenvalue weighted by molar-refractivity contribution is -0.139. The maximum Gasteiger partial charge on any atom is 0.340 e. The van der Waals surface area contributed by atoms with Gasteiger partial charge < -0.3 is 20.5 Å². The molecule has 2 rings (SSSR count). The second kappa shape index (κ2) is 9.22. The van der Waals surface area contributed by atoms with Crippen molar-refractivity contribution in [2.75, 3.05) is 11.9 Å². The smallest absolute Gasteiger partial charge is 0.340 e. The summed E-state index contributed by atoms with van der Waals surface area (Å²) in [5, 5.41) is 14.3. The Morgan fingerprint density at radius 1 is 1.04 bits per heavy atom. The molecule has 7 heteroatoms. The van der Waals surface area contributed by atoms with E-state index in [9.17, 15) is 19.5 Å². The summed E-state index contributed by atoms with van der Waals surface area (Å²) in [6.45, 7) is 1.89. The van der Waals surface area contributed by atoms with Gasteiger partial charge in [0.1, 0.15) is 6.04 Å². The number of carboxylic acids is 1. The standard InChI is InChI=1S/C19H20N2O5/c1-2-26-18(24)14-10-6-7-11-15(14)20-19(25)21-16(17(22)23)12-13-8-4-3-5-9-13/h3-11,16H,2,12H2,1H3,(H,22,23)(H2,20,21,25). The van der Waals surface area contributed by atoms with E-state index in [0.29, 0.717) is 0 Å². The van der Waals surface area contributed by atoms with Gasteiger partial charge in [-0.15, -0.1) is 0 Å². The molecule has 2 amide bonds. The first kappa shape index (κ1) is 19.0. The second-order valence-electron chi connectivity index (χ2n) is 5.45. The van der Waals surface area contributed by atoms with Crippen LogP contribution in [0.25, 0.3) is 0 Å². The summed E-state index contributed by atoms with van der Waals surface area (Å²) in [4.78, 5) is 35.6. The van der Waals surface area contributed by atoms with Gasteiger partial charge in [0.05, 0.1) is 17.9 Å². The van der Waals surface area contributed by atoms with Crippen LogP contribution in [0.4, 0.5) is 10.5 Å². The van der Waals surface area contributed by atoms with E-state index in [4.69, 9.17) is 4.74 Å². The van der Waals surface area contributed by atoms with Crippen LogP contribution in [0.1, 0.15) is 22.8 Å². The molecule has 0 saturated carbocycles. The van der Waals surface area contributed by atoms with Crippen LogP contribution in [0.3, 0.4) is 0 Å². The van der Waals surface area contributed by atoms with Crippen molar-refractivity contribution < 1.29 is 24.2 Å². The summed E-state index contributed by atoms with van der Waals surface area (Å²) < 4.78 is 4.94. The zero-order valence-electron chi connectivity index (χ0n) is 14.3. The number of esters is 1. The zero-order chi connectivity index (χ0) is 18.9. The molecule has 2 aromatic carbocycles. The van der Waals surface area contributed by atoms with Crippen LogP contribution in [-0.2, 0) is 16.0 Å². The Balaban J connectivity index is 2.07. The maximum atomic E-state index is 12.2. The number of nitrogens with one attached hydrogen (secondary N) is 2. The fourth-order valence-electron chi connectivity index (χ4n) is 2.35. The predicted molar refractivity (Wildman–Crippen MR) is 96.1 cm³/mol. The second-order valence-corrected chi connectivity index (χ2v) is 5.45. The molecule has 3 N–H and O–H groups in total. The van der Waals surface area contributed by atoms with E-state index < -0.39 is 24.0 Å². The number of carboxylic acid groups (broad SMARTS) is 1. The highest BCUT2D eigenvalue weighted by Crippen LogP contribution is 2.16. The van der Waals surface area contributed by atoms with Crippen LogP contribution in [0.15, 0.2) is 54.6 Å². The number of amides is 2. The molecule has 0 aliphatic carbocycles. The van der Waals surface area contributed by atoms with Gasteiger partial charge >= 0.3 is 18.0 Å². The lowest BCUT2D eigenvalue weighted by Gasteiger charge is -2.16. The molecule has 7 nitrogen and oxygen atoms in total. The lowest BCUT2D eigenvalue weighted by atomic mass is 10.1. The van der Waals surface area contributed by atoms with E-state index in [-0.39, 0.29) is 24.3 Å². The van der Waals surface area contributed by atoms with Crippen LogP contribution in [0, 0.1) is 0 Å². The van der Waals surface area contributed by atoms with Crippen LogP contribution >= 0.6 is 0 Å². The molecule has 0 spiro atoms. The van der Waals surface area contributed by atoms with E-state index >= 15 is 0 Å². The highest BCUT2D eigenvalue weighted by molar-refractivity contribution is 6.01. The molecular weight excluding hydrogens is 336 g/mol. The van der Waals surface area contributed by atoms with Gasteiger partial charge in [0.2, 0.25) is 0 Å². The molecule has 0 fully saturated rings. The van der Waals surface area contributed by atoms with Gasteiger partial charge in [0.25, 0.3) is 0 Å². The zero-order valence-corrected chi connectivity index (χ0v) is 14.3. The molecule has 0 aliphatic rings. The van der Waals surface area contributed by atoms with Crippen molar-refractivity contribution in [1.82, 2.24) is 5.32 Å². The van der Waals surface area contributed by atoms with Crippen molar-refractivity contribution in [3.8, 4) is 0 Å². The monoisotopic (exact) mass is 356 g/mol. The number of urea groups is 1. The number of anilines is 1. The third-order valence-corrected chi connectivity index (χ3v) is 3.56. The quantitative estimate of drug-likeness (QED) is 0.662. The predicted octanol–water partition coefficient (Wildman–Crippen LogP) is 2.68. The number of rotatable bonds is 7. The molecule has 1 unspecified atom stereocenters. The van der Waals surface area contributed by atoms with E-state index in [2.05, 4.69) is 10.6 Å². The molecule has 2 aromatic rings. The Morgan fingerprint density at radius 2 is 1.69 bits per heavy atom. The summed E-state index contributed by atoms with van der Waals surface area (Å²) in [6.07, 6.45) is 0.142. The summed E-state index contributed by atoms with van der Waals surface area (Å²) in [6, 6.07) is 13.5. The Kier molecular flexibility index (Phi) is 6.73. The molecule has 0 aromatic heterocycles. The van der Waals surface area contributed by atoms with Crippen molar-refractivity contribution in [3.05, 3.63) is 65.7 Å². The van der Waals surface area contributed by atoms with E-state index in [1.165, 1.54) is 6.07 Å². The first-order valence-corrected chi connectivity index (χ1v) is 8.11. The Hall–Kier alpha value is -3.35. The molecule has 136 valence electrons. The van der Waals surface area contributed by atoms with Crippen LogP contribution in [-0.4, -0.2) is 35.7 Å². The minimum Gasteiger partial charge on any atom is -0.480 e. The summed E-state index contributed by atoms with van der Waals surface area (Å²) in [5.41, 5.74) is 1.22. The number of aliphatic carboxylic acids is 1. The number of para-hydroxylation sites is 1. The SMILES string of the molecule is CCOC(=O)c1ccccc1NC(=O)NC(Cc1ccccc1)C(=O)O. The number of carbonyl (C=O) groups excluding carboxylic acids is 2. The third-order valence-electron chi connectivity index (χ3n) is 3.56. The van der Waals surface area contributed by atoms with Gasteiger partial charge in [0.15, 0.2) is 0 Å². The molecular formula is C19H20N2O5. The van der Waals surface area contributed by atoms with Crippen molar-refractivity contribution >= 4 is 23.7 Å². The van der Waals surface area contributed by atoms with Gasteiger partial charge in [-0.3, -0.25) is 0 Å². The Morgan fingerprint density at radius 3 is 2.35 bits per heavy atom. The molecule has 0 saturated heterocycles. The van der Waals surface area contributed by atoms with E-state index in [1.807, 2.05) is 6.07 Å². The topological polar surface area (TPSA) is 105 Å². The molecule has 26 heavy (non-hydrogen) atoms. The largest absolute Gasteiger partial charge is 0.480 e. The van der Waals surface area contributed by atoms with Crippen molar-refractivity contribution in [2.45, 2.75) is 19.4 Å². The van der Waals surface area contributed by atoms with Gasteiger partial charge in [0, 0.05) is 6.42 Å². The van der Waals surface area contributed by atoms with Gasteiger partial charge in [-0.05, 0) is 24.6 Å². The molecule has 0 heterocycles. The molecule has 0 aliphatic heterocycles. The van der Waals surface area contributed by atoms with E-state index in [1.54, 1.807) is 49.4 Å².